The summed E-state index contributed by atoms with van der Waals surface area (Å²) in [4.78, 5) is 15.4. The maximum absolute atomic E-state index is 13.2. The van der Waals surface area contributed by atoms with E-state index in [1.54, 1.807) is 0 Å². The van der Waals surface area contributed by atoms with Crippen LogP contribution < -0.4 is 10.2 Å². The molecule has 1 fully saturated rings. The van der Waals surface area contributed by atoms with Crippen molar-refractivity contribution in [1.29, 1.82) is 0 Å². The highest BCUT2D eigenvalue weighted by molar-refractivity contribution is 6.30. The van der Waals surface area contributed by atoms with E-state index in [1.807, 2.05) is 43.3 Å². The Hall–Kier alpha value is -2.79. The van der Waals surface area contributed by atoms with Crippen LogP contribution in [-0.4, -0.2) is 24.2 Å². The number of nitrogens with one attached hydrogen (secondary N) is 1. The van der Waals surface area contributed by atoms with Gasteiger partial charge >= 0.3 is 0 Å². The number of nitrogens with zero attached hydrogens (tertiary/aromatic N) is 2. The molecule has 0 radical (unpaired) electrons. The van der Waals surface area contributed by atoms with Crippen molar-refractivity contribution in [3.05, 3.63) is 64.8 Å². The lowest BCUT2D eigenvalue weighted by molar-refractivity contribution is -0.118. The molecule has 1 N–H and O–H groups in total. The fourth-order valence-corrected chi connectivity index (χ4v) is 3.92. The topological polar surface area (TPSA) is 58.4 Å². The molecule has 0 saturated heterocycles. The molecule has 156 valence electrons. The van der Waals surface area contributed by atoms with Crippen molar-refractivity contribution in [3.63, 3.8) is 0 Å². The smallest absolute Gasteiger partial charge is 0.236 e. The first-order valence-electron chi connectivity index (χ1n) is 10.4. The second kappa shape index (κ2) is 8.15. The van der Waals surface area contributed by atoms with Crippen LogP contribution >= 0.6 is 11.6 Å². The number of hydrogen-bond donors (Lipinski definition) is 1. The Balaban J connectivity index is 1.52. The standard InChI is InChI=1S/C24H26ClN3O2/c1-4-28(5-2)19-10-11-20(16(3)14-19)26-23(29)24(12-13-24)22-15-21(30-27-22)17-6-8-18(25)9-7-17/h6-11,14-15H,4-5,12-13H2,1-3H3,(H,26,29). The second-order valence-electron chi connectivity index (χ2n) is 7.79. The summed E-state index contributed by atoms with van der Waals surface area (Å²) in [5.41, 5.74) is 4.01. The first-order chi connectivity index (χ1) is 14.5. The van der Waals surface area contributed by atoms with Gasteiger partial charge in [0.2, 0.25) is 5.91 Å². The van der Waals surface area contributed by atoms with E-state index in [0.29, 0.717) is 16.5 Å². The van der Waals surface area contributed by atoms with Gasteiger partial charge in [0.25, 0.3) is 0 Å². The largest absolute Gasteiger partial charge is 0.372 e. The van der Waals surface area contributed by atoms with Crippen LogP contribution in [0.4, 0.5) is 11.4 Å². The Morgan fingerprint density at radius 1 is 1.13 bits per heavy atom. The van der Waals surface area contributed by atoms with Gasteiger partial charge in [0, 0.05) is 41.1 Å². The average molecular weight is 424 g/mol. The van der Waals surface area contributed by atoms with Crippen molar-refractivity contribution in [2.75, 3.05) is 23.3 Å². The summed E-state index contributed by atoms with van der Waals surface area (Å²) in [5.74, 6) is 0.609. The van der Waals surface area contributed by atoms with Gasteiger partial charge in [-0.1, -0.05) is 16.8 Å². The summed E-state index contributed by atoms with van der Waals surface area (Å²) in [6.07, 6.45) is 1.53. The van der Waals surface area contributed by atoms with Crippen LogP contribution in [-0.2, 0) is 10.2 Å². The van der Waals surface area contributed by atoms with Crippen molar-refractivity contribution < 1.29 is 9.32 Å². The van der Waals surface area contributed by atoms with Gasteiger partial charge in [-0.3, -0.25) is 4.79 Å². The fourth-order valence-electron chi connectivity index (χ4n) is 3.79. The maximum Gasteiger partial charge on any atom is 0.236 e. The number of aromatic nitrogens is 1. The monoisotopic (exact) mass is 423 g/mol. The van der Waals surface area contributed by atoms with Crippen molar-refractivity contribution in [1.82, 2.24) is 5.16 Å². The van der Waals surface area contributed by atoms with Gasteiger partial charge in [-0.25, -0.2) is 0 Å². The molecular formula is C24H26ClN3O2. The third-order valence-corrected chi connectivity index (χ3v) is 6.15. The Kier molecular flexibility index (Phi) is 5.56. The van der Waals surface area contributed by atoms with Gasteiger partial charge < -0.3 is 14.7 Å². The second-order valence-corrected chi connectivity index (χ2v) is 8.23. The van der Waals surface area contributed by atoms with E-state index in [9.17, 15) is 4.79 Å². The summed E-state index contributed by atoms with van der Waals surface area (Å²) in [5, 5.41) is 8.00. The maximum atomic E-state index is 13.2. The number of halogens is 1. The van der Waals surface area contributed by atoms with Crippen LogP contribution in [0, 0.1) is 6.92 Å². The molecule has 0 atom stereocenters. The van der Waals surface area contributed by atoms with Crippen molar-refractivity contribution in [2.45, 2.75) is 39.0 Å². The summed E-state index contributed by atoms with van der Waals surface area (Å²) in [6.45, 7) is 8.21. The lowest BCUT2D eigenvalue weighted by Crippen LogP contribution is -2.28. The number of benzene rings is 2. The van der Waals surface area contributed by atoms with E-state index in [1.165, 1.54) is 5.69 Å². The van der Waals surface area contributed by atoms with E-state index in [2.05, 4.69) is 41.4 Å². The third kappa shape index (κ3) is 3.82. The molecule has 1 aliphatic rings. The van der Waals surface area contributed by atoms with E-state index in [-0.39, 0.29) is 5.91 Å². The Bertz CT molecular complexity index is 1050. The normalized spacial score (nSPS) is 14.4. The Labute approximate surface area is 182 Å². The molecule has 2 aromatic carbocycles. The zero-order valence-corrected chi connectivity index (χ0v) is 18.3. The molecule has 1 amide bonds. The van der Waals surface area contributed by atoms with Crippen LogP contribution in [0.5, 0.6) is 0 Å². The van der Waals surface area contributed by atoms with Gasteiger partial charge in [0.1, 0.15) is 0 Å². The summed E-state index contributed by atoms with van der Waals surface area (Å²) >= 11 is 5.96. The number of hydrogen-bond acceptors (Lipinski definition) is 4. The van der Waals surface area contributed by atoms with E-state index < -0.39 is 5.41 Å². The molecule has 4 rings (SSSR count). The summed E-state index contributed by atoms with van der Waals surface area (Å²) < 4.78 is 5.53. The Morgan fingerprint density at radius 3 is 2.43 bits per heavy atom. The minimum absolute atomic E-state index is 0.0304. The molecule has 1 saturated carbocycles. The third-order valence-electron chi connectivity index (χ3n) is 5.90. The van der Waals surface area contributed by atoms with E-state index in [4.69, 9.17) is 16.1 Å². The van der Waals surface area contributed by atoms with Crippen molar-refractivity contribution >= 4 is 28.9 Å². The first kappa shape index (κ1) is 20.5. The van der Waals surface area contributed by atoms with Gasteiger partial charge in [-0.05, 0) is 81.6 Å². The number of carbonyl (C=O) groups excluding carboxylic acids is 1. The van der Waals surface area contributed by atoms with Crippen LogP contribution in [0.2, 0.25) is 5.02 Å². The zero-order chi connectivity index (χ0) is 21.3. The van der Waals surface area contributed by atoms with Crippen LogP contribution in [0.25, 0.3) is 11.3 Å². The predicted molar refractivity (Wildman–Crippen MR) is 121 cm³/mol. The molecule has 5 nitrogen and oxygen atoms in total. The molecular weight excluding hydrogens is 398 g/mol. The molecule has 1 heterocycles. The highest BCUT2D eigenvalue weighted by Gasteiger charge is 2.54. The zero-order valence-electron chi connectivity index (χ0n) is 17.5. The van der Waals surface area contributed by atoms with Gasteiger partial charge in [0.05, 0.1) is 11.1 Å². The van der Waals surface area contributed by atoms with Gasteiger partial charge in [-0.15, -0.1) is 0 Å². The number of carbonyl (C=O) groups is 1. The first-order valence-corrected chi connectivity index (χ1v) is 10.7. The highest BCUT2D eigenvalue weighted by atomic mass is 35.5. The van der Waals surface area contributed by atoms with Crippen LogP contribution in [0.3, 0.4) is 0 Å². The molecule has 3 aromatic rings. The molecule has 0 aliphatic heterocycles. The SMILES string of the molecule is CCN(CC)c1ccc(NC(=O)C2(c3cc(-c4ccc(Cl)cc4)on3)CC2)c(C)c1. The molecule has 6 heteroatoms. The number of rotatable bonds is 7. The minimum Gasteiger partial charge on any atom is -0.372 e. The lowest BCUT2D eigenvalue weighted by atomic mass is 9.99. The molecule has 1 aliphatic carbocycles. The molecule has 0 spiro atoms. The summed E-state index contributed by atoms with van der Waals surface area (Å²) in [6, 6.07) is 15.4. The van der Waals surface area contributed by atoms with Crippen LogP contribution in [0.15, 0.2) is 53.1 Å². The van der Waals surface area contributed by atoms with Crippen molar-refractivity contribution in [3.8, 4) is 11.3 Å². The fraction of sp³-hybridized carbons (Fsp3) is 0.333. The molecule has 1 aromatic heterocycles. The number of amides is 1. The van der Waals surface area contributed by atoms with Gasteiger partial charge in [0.15, 0.2) is 5.76 Å². The highest BCUT2D eigenvalue weighted by Crippen LogP contribution is 2.49. The predicted octanol–water partition coefficient (Wildman–Crippen LogP) is 5.82. The summed E-state index contributed by atoms with van der Waals surface area (Å²) in [7, 11) is 0. The average Bonchev–Trinajstić information content (AvgIpc) is 3.41. The quantitative estimate of drug-likeness (QED) is 0.520. The molecule has 30 heavy (non-hydrogen) atoms. The molecule has 0 unspecified atom stereocenters. The van der Waals surface area contributed by atoms with E-state index >= 15 is 0 Å². The molecule has 0 bridgehead atoms. The van der Waals surface area contributed by atoms with Crippen molar-refractivity contribution in [2.24, 2.45) is 0 Å². The van der Waals surface area contributed by atoms with Gasteiger partial charge in [-0.2, -0.15) is 0 Å². The minimum atomic E-state index is -0.613. The number of aryl methyl sites for hydroxylation is 1. The van der Waals surface area contributed by atoms with E-state index in [0.717, 1.165) is 42.7 Å². The van der Waals surface area contributed by atoms with Crippen LogP contribution in [0.1, 0.15) is 37.9 Å². The Morgan fingerprint density at radius 2 is 1.83 bits per heavy atom. The number of anilines is 2. The lowest BCUT2D eigenvalue weighted by Gasteiger charge is -2.22.